The third kappa shape index (κ3) is 4.19. The van der Waals surface area contributed by atoms with E-state index >= 15 is 0 Å². The minimum atomic E-state index is -0.315. The van der Waals surface area contributed by atoms with Gasteiger partial charge >= 0.3 is 0 Å². The molecule has 3 aromatic carbocycles. The van der Waals surface area contributed by atoms with Crippen molar-refractivity contribution in [3.63, 3.8) is 0 Å². The molecular formula is C24H21N3O2. The number of carbonyl (C=O) groups is 1. The third-order valence-electron chi connectivity index (χ3n) is 4.65. The number of hydrogen-bond acceptors (Lipinski definition) is 3. The number of hydrogen-bond donors (Lipinski definition) is 1. The van der Waals surface area contributed by atoms with Crippen molar-refractivity contribution in [2.75, 3.05) is 6.61 Å². The van der Waals surface area contributed by atoms with Crippen LogP contribution >= 0.6 is 0 Å². The second-order valence-corrected chi connectivity index (χ2v) is 6.66. The first-order valence-electron chi connectivity index (χ1n) is 9.35. The standard InChI is InChI=1S/C24H21N3O2/c1-27-16-19(20-11-5-7-13-22(20)27)15-25-26-24(28)17-29-23-14-8-6-12-21(23)18-9-3-2-4-10-18/h2-16H,17H2,1H3,(H,26,28)/b25-15+. The van der Waals surface area contributed by atoms with Gasteiger partial charge in [-0.1, -0.05) is 66.7 Å². The maximum atomic E-state index is 12.2. The van der Waals surface area contributed by atoms with Crippen molar-refractivity contribution in [2.24, 2.45) is 12.1 Å². The van der Waals surface area contributed by atoms with Crippen LogP contribution < -0.4 is 10.2 Å². The zero-order valence-electron chi connectivity index (χ0n) is 16.1. The Morgan fingerprint density at radius 2 is 1.72 bits per heavy atom. The molecule has 0 saturated heterocycles. The highest BCUT2D eigenvalue weighted by atomic mass is 16.5. The number of aryl methyl sites for hydroxylation is 1. The Kier molecular flexibility index (Phi) is 5.38. The van der Waals surface area contributed by atoms with Crippen molar-refractivity contribution in [2.45, 2.75) is 0 Å². The number of ether oxygens (including phenoxy) is 1. The van der Waals surface area contributed by atoms with Gasteiger partial charge in [0.25, 0.3) is 5.91 Å². The van der Waals surface area contributed by atoms with E-state index in [1.807, 2.05) is 96.7 Å². The maximum absolute atomic E-state index is 12.2. The van der Waals surface area contributed by atoms with Crippen molar-refractivity contribution < 1.29 is 9.53 Å². The van der Waals surface area contributed by atoms with E-state index in [1.165, 1.54) is 0 Å². The molecule has 0 radical (unpaired) electrons. The number of rotatable bonds is 6. The van der Waals surface area contributed by atoms with Crippen LogP contribution in [0.25, 0.3) is 22.0 Å². The van der Waals surface area contributed by atoms with Crippen molar-refractivity contribution in [3.05, 3.63) is 90.6 Å². The number of benzene rings is 3. The highest BCUT2D eigenvalue weighted by Gasteiger charge is 2.08. The molecule has 1 amide bonds. The zero-order chi connectivity index (χ0) is 20.1. The first kappa shape index (κ1) is 18.5. The monoisotopic (exact) mass is 383 g/mol. The molecule has 4 aromatic rings. The lowest BCUT2D eigenvalue weighted by atomic mass is 10.1. The summed E-state index contributed by atoms with van der Waals surface area (Å²) in [5, 5.41) is 5.16. The molecule has 5 heteroatoms. The van der Waals surface area contributed by atoms with Crippen molar-refractivity contribution in [1.82, 2.24) is 9.99 Å². The van der Waals surface area contributed by atoms with Crippen LogP contribution in [0.15, 0.2) is 90.2 Å². The van der Waals surface area contributed by atoms with Crippen molar-refractivity contribution >= 4 is 23.0 Å². The number of amides is 1. The molecule has 1 aromatic heterocycles. The fraction of sp³-hybridized carbons (Fsp3) is 0.0833. The molecule has 0 saturated carbocycles. The second-order valence-electron chi connectivity index (χ2n) is 6.66. The molecule has 0 bridgehead atoms. The van der Waals surface area contributed by atoms with Crippen LogP contribution in [0, 0.1) is 0 Å². The van der Waals surface area contributed by atoms with Crippen LogP contribution in [0.4, 0.5) is 0 Å². The lowest BCUT2D eigenvalue weighted by Gasteiger charge is -2.10. The molecule has 0 spiro atoms. The molecule has 0 atom stereocenters. The van der Waals surface area contributed by atoms with Crippen LogP contribution in [0.1, 0.15) is 5.56 Å². The Balaban J connectivity index is 1.39. The summed E-state index contributed by atoms with van der Waals surface area (Å²) >= 11 is 0. The Bertz CT molecular complexity index is 1160. The van der Waals surface area contributed by atoms with E-state index < -0.39 is 0 Å². The second kappa shape index (κ2) is 8.44. The Morgan fingerprint density at radius 1 is 1.00 bits per heavy atom. The van der Waals surface area contributed by atoms with Crippen LogP contribution in [0.3, 0.4) is 0 Å². The van der Waals surface area contributed by atoms with Crippen LogP contribution in [0.2, 0.25) is 0 Å². The molecule has 4 rings (SSSR count). The van der Waals surface area contributed by atoms with Gasteiger partial charge in [0, 0.05) is 35.3 Å². The molecule has 5 nitrogen and oxygen atoms in total. The van der Waals surface area contributed by atoms with Gasteiger partial charge in [-0.15, -0.1) is 0 Å². The van der Waals surface area contributed by atoms with Crippen molar-refractivity contribution in [1.29, 1.82) is 0 Å². The number of nitrogens with zero attached hydrogens (tertiary/aromatic N) is 2. The number of para-hydroxylation sites is 2. The van der Waals surface area contributed by atoms with Crippen LogP contribution in [-0.2, 0) is 11.8 Å². The average molecular weight is 383 g/mol. The number of aromatic nitrogens is 1. The van der Waals surface area contributed by atoms with E-state index in [9.17, 15) is 4.79 Å². The van der Waals surface area contributed by atoms with Gasteiger partial charge in [-0.3, -0.25) is 4.79 Å². The van der Waals surface area contributed by atoms with Crippen LogP contribution in [-0.4, -0.2) is 23.3 Å². The first-order chi connectivity index (χ1) is 14.2. The number of nitrogens with one attached hydrogen (secondary N) is 1. The van der Waals surface area contributed by atoms with Gasteiger partial charge in [0.1, 0.15) is 5.75 Å². The highest BCUT2D eigenvalue weighted by Crippen LogP contribution is 2.29. The topological polar surface area (TPSA) is 55.6 Å². The quantitative estimate of drug-likeness (QED) is 0.397. The summed E-state index contributed by atoms with van der Waals surface area (Å²) in [5.41, 5.74) is 6.57. The molecule has 1 N–H and O–H groups in total. The summed E-state index contributed by atoms with van der Waals surface area (Å²) in [6.07, 6.45) is 3.63. The number of hydrazone groups is 1. The maximum Gasteiger partial charge on any atom is 0.277 e. The van der Waals surface area contributed by atoms with Gasteiger partial charge < -0.3 is 9.30 Å². The van der Waals surface area contributed by atoms with Gasteiger partial charge in [0.15, 0.2) is 6.61 Å². The molecule has 1 heterocycles. The molecule has 0 aliphatic carbocycles. The summed E-state index contributed by atoms with van der Waals surface area (Å²) in [4.78, 5) is 12.2. The molecular weight excluding hydrogens is 362 g/mol. The van der Waals surface area contributed by atoms with E-state index in [2.05, 4.69) is 10.5 Å². The predicted octanol–water partition coefficient (Wildman–Crippen LogP) is 4.37. The predicted molar refractivity (Wildman–Crippen MR) is 116 cm³/mol. The van der Waals surface area contributed by atoms with E-state index in [1.54, 1.807) is 6.21 Å². The Labute approximate surface area is 169 Å². The average Bonchev–Trinajstić information content (AvgIpc) is 3.09. The van der Waals surface area contributed by atoms with Crippen LogP contribution in [0.5, 0.6) is 5.75 Å². The SMILES string of the molecule is Cn1cc(/C=N/NC(=O)COc2ccccc2-c2ccccc2)c2ccccc21. The fourth-order valence-corrected chi connectivity index (χ4v) is 3.27. The molecule has 144 valence electrons. The first-order valence-corrected chi connectivity index (χ1v) is 9.35. The lowest BCUT2D eigenvalue weighted by molar-refractivity contribution is -0.123. The number of fused-ring (bicyclic) bond motifs is 1. The molecule has 0 aliphatic rings. The van der Waals surface area contributed by atoms with Crippen molar-refractivity contribution in [3.8, 4) is 16.9 Å². The number of carbonyl (C=O) groups excluding carboxylic acids is 1. The largest absolute Gasteiger partial charge is 0.483 e. The summed E-state index contributed by atoms with van der Waals surface area (Å²) in [5.74, 6) is 0.344. The van der Waals surface area contributed by atoms with Gasteiger partial charge in [-0.2, -0.15) is 5.10 Å². The molecule has 0 unspecified atom stereocenters. The summed E-state index contributed by atoms with van der Waals surface area (Å²) in [6.45, 7) is -0.114. The van der Waals surface area contributed by atoms with Gasteiger partial charge in [0.2, 0.25) is 0 Å². The minimum absolute atomic E-state index is 0.114. The summed E-state index contributed by atoms with van der Waals surface area (Å²) < 4.78 is 7.77. The van der Waals surface area contributed by atoms with E-state index in [4.69, 9.17) is 4.74 Å². The third-order valence-corrected chi connectivity index (χ3v) is 4.65. The smallest absolute Gasteiger partial charge is 0.277 e. The van der Waals surface area contributed by atoms with Gasteiger partial charge in [0.05, 0.1) is 6.21 Å². The normalized spacial score (nSPS) is 11.1. The zero-order valence-corrected chi connectivity index (χ0v) is 16.1. The molecule has 29 heavy (non-hydrogen) atoms. The minimum Gasteiger partial charge on any atom is -0.483 e. The van der Waals surface area contributed by atoms with E-state index in [0.717, 1.165) is 27.6 Å². The molecule has 0 fully saturated rings. The summed E-state index contributed by atoms with van der Waals surface area (Å²) in [6, 6.07) is 25.7. The Morgan fingerprint density at radius 3 is 2.59 bits per heavy atom. The van der Waals surface area contributed by atoms with E-state index in [0.29, 0.717) is 5.75 Å². The summed E-state index contributed by atoms with van der Waals surface area (Å²) in [7, 11) is 1.98. The van der Waals surface area contributed by atoms with E-state index in [-0.39, 0.29) is 12.5 Å². The van der Waals surface area contributed by atoms with Gasteiger partial charge in [-0.05, 0) is 17.7 Å². The Hall–Kier alpha value is -3.86. The fourth-order valence-electron chi connectivity index (χ4n) is 3.27. The highest BCUT2D eigenvalue weighted by molar-refractivity contribution is 5.99. The molecule has 0 aliphatic heterocycles. The lowest BCUT2D eigenvalue weighted by Crippen LogP contribution is -2.24. The van der Waals surface area contributed by atoms with Gasteiger partial charge in [-0.25, -0.2) is 5.43 Å².